The molecule has 136 valence electrons. The van der Waals surface area contributed by atoms with Crippen molar-refractivity contribution in [2.75, 3.05) is 25.4 Å². The van der Waals surface area contributed by atoms with Crippen LogP contribution in [0.5, 0.6) is 0 Å². The molecule has 0 unspecified atom stereocenters. The molecule has 8 nitrogen and oxygen atoms in total. The van der Waals surface area contributed by atoms with Gasteiger partial charge in [-0.3, -0.25) is 19.7 Å². The summed E-state index contributed by atoms with van der Waals surface area (Å²) in [4.78, 5) is 34.1. The first-order valence-electron chi connectivity index (χ1n) is 7.99. The fourth-order valence-electron chi connectivity index (χ4n) is 2.65. The molecule has 1 aliphatic rings. The summed E-state index contributed by atoms with van der Waals surface area (Å²) in [6, 6.07) is 4.01. The third kappa shape index (κ3) is 5.43. The number of thioether (sulfide) groups is 1. The minimum Gasteiger partial charge on any atom is -0.366 e. The summed E-state index contributed by atoms with van der Waals surface area (Å²) in [7, 11) is 0. The van der Waals surface area contributed by atoms with Gasteiger partial charge >= 0.3 is 0 Å². The largest absolute Gasteiger partial charge is 0.366 e. The van der Waals surface area contributed by atoms with Gasteiger partial charge in [0.2, 0.25) is 11.8 Å². The molecule has 0 saturated carbocycles. The number of benzene rings is 1. The van der Waals surface area contributed by atoms with E-state index in [2.05, 4.69) is 17.6 Å². The van der Waals surface area contributed by atoms with Crippen molar-refractivity contribution in [1.82, 2.24) is 10.6 Å². The molecule has 1 aromatic rings. The Morgan fingerprint density at radius 3 is 2.68 bits per heavy atom. The topological polar surface area (TPSA) is 127 Å². The number of nitrogens with two attached hydrogens (primary N) is 1. The Hall–Kier alpha value is -2.13. The average Bonchev–Trinajstić information content (AvgIpc) is 2.58. The quantitative estimate of drug-likeness (QED) is 0.379. The number of nitrogens with zero attached hydrogens (tertiary/aromatic N) is 1. The number of rotatable bonds is 7. The van der Waals surface area contributed by atoms with E-state index in [4.69, 9.17) is 5.73 Å². The Balaban J connectivity index is 1.92. The molecule has 0 aromatic heterocycles. The van der Waals surface area contributed by atoms with Gasteiger partial charge in [0.05, 0.1) is 15.6 Å². The van der Waals surface area contributed by atoms with Crippen LogP contribution in [-0.4, -0.2) is 42.1 Å². The van der Waals surface area contributed by atoms with Gasteiger partial charge in [-0.1, -0.05) is 6.92 Å². The van der Waals surface area contributed by atoms with E-state index in [1.807, 2.05) is 0 Å². The van der Waals surface area contributed by atoms with Gasteiger partial charge < -0.3 is 16.4 Å². The predicted octanol–water partition coefficient (Wildman–Crippen LogP) is 1.29. The van der Waals surface area contributed by atoms with Crippen molar-refractivity contribution < 1.29 is 14.5 Å². The van der Waals surface area contributed by atoms with E-state index in [0.717, 1.165) is 43.8 Å². The Kier molecular flexibility index (Phi) is 6.38. The molecule has 0 radical (unpaired) electrons. The van der Waals surface area contributed by atoms with Gasteiger partial charge in [-0.05, 0) is 43.5 Å². The maximum Gasteiger partial charge on any atom is 0.283 e. The molecule has 1 saturated heterocycles. The minimum atomic E-state index is -0.729. The van der Waals surface area contributed by atoms with Crippen molar-refractivity contribution in [2.45, 2.75) is 24.7 Å². The first kappa shape index (κ1) is 19.2. The smallest absolute Gasteiger partial charge is 0.283 e. The predicted molar refractivity (Wildman–Crippen MR) is 95.6 cm³/mol. The molecule has 2 rings (SSSR count). The lowest BCUT2D eigenvalue weighted by atomic mass is 9.81. The van der Waals surface area contributed by atoms with Crippen LogP contribution < -0.4 is 16.4 Å². The Labute approximate surface area is 150 Å². The lowest BCUT2D eigenvalue weighted by molar-refractivity contribution is -0.387. The van der Waals surface area contributed by atoms with E-state index in [1.54, 1.807) is 0 Å². The lowest BCUT2D eigenvalue weighted by Gasteiger charge is -2.34. The highest BCUT2D eigenvalue weighted by molar-refractivity contribution is 8.00. The first-order valence-corrected chi connectivity index (χ1v) is 8.98. The third-order valence-corrected chi connectivity index (χ3v) is 5.38. The summed E-state index contributed by atoms with van der Waals surface area (Å²) in [6.45, 7) is 4.63. The number of carbonyl (C=O) groups excluding carboxylic acids is 2. The molecule has 9 heteroatoms. The van der Waals surface area contributed by atoms with E-state index in [0.29, 0.717) is 11.4 Å². The van der Waals surface area contributed by atoms with Crippen LogP contribution in [0.25, 0.3) is 0 Å². The number of nitro groups is 1. The van der Waals surface area contributed by atoms with Gasteiger partial charge in [0.25, 0.3) is 5.69 Å². The number of nitrogens with one attached hydrogen (secondary N) is 2. The zero-order chi connectivity index (χ0) is 18.4. The van der Waals surface area contributed by atoms with Crippen LogP contribution in [0.2, 0.25) is 0 Å². The number of carbonyl (C=O) groups is 2. The second-order valence-corrected chi connectivity index (χ2v) is 7.45. The number of primary amides is 1. The molecule has 1 aromatic carbocycles. The van der Waals surface area contributed by atoms with Crippen LogP contribution in [0, 0.1) is 15.5 Å². The SMILES string of the molecule is CC1(CNC(=O)CSc2ccc(C(N)=O)cc2[N+](=O)[O-])CCNCC1. The monoisotopic (exact) mass is 366 g/mol. The summed E-state index contributed by atoms with van der Waals surface area (Å²) < 4.78 is 0. The molecule has 2 amide bonds. The molecular formula is C16H22N4O4S. The molecular weight excluding hydrogens is 344 g/mol. The summed E-state index contributed by atoms with van der Waals surface area (Å²) in [5.41, 5.74) is 5.07. The molecule has 0 atom stereocenters. The van der Waals surface area contributed by atoms with E-state index >= 15 is 0 Å². The highest BCUT2D eigenvalue weighted by Gasteiger charge is 2.27. The van der Waals surface area contributed by atoms with Crippen LogP contribution in [0.15, 0.2) is 23.1 Å². The van der Waals surface area contributed by atoms with Gasteiger partial charge in [0, 0.05) is 18.2 Å². The number of nitro benzene ring substituents is 1. The Morgan fingerprint density at radius 2 is 2.08 bits per heavy atom. The highest BCUT2D eigenvalue weighted by atomic mass is 32.2. The van der Waals surface area contributed by atoms with E-state index in [9.17, 15) is 19.7 Å². The standard InChI is InChI=1S/C16H22N4O4S/c1-16(4-6-18-7-5-16)10-19-14(21)9-25-13-3-2-11(15(17)22)8-12(13)20(23)24/h2-3,8,18H,4-7,9-10H2,1H3,(H2,17,22)(H,19,21). The lowest BCUT2D eigenvalue weighted by Crippen LogP contribution is -2.43. The van der Waals surface area contributed by atoms with Crippen molar-refractivity contribution in [2.24, 2.45) is 11.1 Å². The van der Waals surface area contributed by atoms with Crippen LogP contribution in [0.1, 0.15) is 30.1 Å². The van der Waals surface area contributed by atoms with Crippen molar-refractivity contribution in [1.29, 1.82) is 0 Å². The summed E-state index contributed by atoms with van der Waals surface area (Å²) in [5.74, 6) is -0.823. The normalized spacial score (nSPS) is 16.2. The third-order valence-electron chi connectivity index (χ3n) is 4.32. The number of hydrogen-bond acceptors (Lipinski definition) is 6. The van der Waals surface area contributed by atoms with Crippen molar-refractivity contribution in [3.63, 3.8) is 0 Å². The van der Waals surface area contributed by atoms with Gasteiger partial charge in [-0.25, -0.2) is 0 Å². The zero-order valence-electron chi connectivity index (χ0n) is 14.0. The molecule has 0 aliphatic carbocycles. The Bertz CT molecular complexity index is 674. The van der Waals surface area contributed by atoms with Crippen LogP contribution in [0.4, 0.5) is 5.69 Å². The Morgan fingerprint density at radius 1 is 1.40 bits per heavy atom. The second-order valence-electron chi connectivity index (χ2n) is 6.43. The summed E-state index contributed by atoms with van der Waals surface area (Å²) >= 11 is 1.07. The average molecular weight is 366 g/mol. The van der Waals surface area contributed by atoms with Crippen molar-refractivity contribution in [3.8, 4) is 0 Å². The molecule has 1 fully saturated rings. The van der Waals surface area contributed by atoms with Crippen molar-refractivity contribution in [3.05, 3.63) is 33.9 Å². The van der Waals surface area contributed by atoms with Gasteiger partial charge in [0.1, 0.15) is 0 Å². The molecule has 0 spiro atoms. The molecule has 0 bridgehead atoms. The van der Waals surface area contributed by atoms with Gasteiger partial charge in [0.15, 0.2) is 0 Å². The fourth-order valence-corrected chi connectivity index (χ4v) is 3.48. The van der Waals surface area contributed by atoms with Crippen LogP contribution in [0.3, 0.4) is 0 Å². The first-order chi connectivity index (χ1) is 11.8. The molecule has 1 aliphatic heterocycles. The van der Waals surface area contributed by atoms with Crippen LogP contribution in [-0.2, 0) is 4.79 Å². The molecule has 4 N–H and O–H groups in total. The second kappa shape index (κ2) is 8.30. The number of hydrogen-bond donors (Lipinski definition) is 3. The van der Waals surface area contributed by atoms with Gasteiger partial charge in [-0.15, -0.1) is 11.8 Å². The maximum atomic E-state index is 12.1. The highest BCUT2D eigenvalue weighted by Crippen LogP contribution is 2.30. The van der Waals surface area contributed by atoms with E-state index in [1.165, 1.54) is 12.1 Å². The summed E-state index contributed by atoms with van der Waals surface area (Å²) in [6.07, 6.45) is 2.00. The van der Waals surface area contributed by atoms with E-state index in [-0.39, 0.29) is 28.3 Å². The van der Waals surface area contributed by atoms with E-state index < -0.39 is 10.8 Å². The zero-order valence-corrected chi connectivity index (χ0v) is 14.9. The summed E-state index contributed by atoms with van der Waals surface area (Å²) in [5, 5.41) is 17.3. The molecule has 25 heavy (non-hydrogen) atoms. The number of piperidine rings is 1. The van der Waals surface area contributed by atoms with Crippen molar-refractivity contribution >= 4 is 29.3 Å². The van der Waals surface area contributed by atoms with Crippen LogP contribution >= 0.6 is 11.8 Å². The fraction of sp³-hybridized carbons (Fsp3) is 0.500. The maximum absolute atomic E-state index is 12.1. The van der Waals surface area contributed by atoms with Gasteiger partial charge in [-0.2, -0.15) is 0 Å². The number of amides is 2. The minimum absolute atomic E-state index is 0.0688. The molecule has 1 heterocycles.